The summed E-state index contributed by atoms with van der Waals surface area (Å²) in [6.07, 6.45) is 1.02. The van der Waals surface area contributed by atoms with Gasteiger partial charge in [-0.2, -0.15) is 0 Å². The molecular formula is C14H16BrNO4. The Labute approximate surface area is 125 Å². The number of hydrogen-bond acceptors (Lipinski definition) is 3. The lowest BCUT2D eigenvalue weighted by atomic mass is 9.97. The fourth-order valence-corrected chi connectivity index (χ4v) is 2.55. The van der Waals surface area contributed by atoms with E-state index >= 15 is 0 Å². The van der Waals surface area contributed by atoms with E-state index in [0.29, 0.717) is 31.7 Å². The van der Waals surface area contributed by atoms with Gasteiger partial charge in [0.25, 0.3) is 5.91 Å². The molecular weight excluding hydrogens is 326 g/mol. The first-order valence-electron chi connectivity index (χ1n) is 6.45. The van der Waals surface area contributed by atoms with E-state index < -0.39 is 5.97 Å². The molecule has 0 saturated carbocycles. The zero-order chi connectivity index (χ0) is 14.5. The van der Waals surface area contributed by atoms with Crippen LogP contribution in [0.4, 0.5) is 0 Å². The van der Waals surface area contributed by atoms with E-state index in [-0.39, 0.29) is 18.4 Å². The molecule has 1 amide bonds. The second-order valence-corrected chi connectivity index (χ2v) is 5.66. The Bertz CT molecular complexity index is 498. The lowest BCUT2D eigenvalue weighted by Gasteiger charge is -2.30. The van der Waals surface area contributed by atoms with Crippen LogP contribution in [-0.2, 0) is 9.59 Å². The molecule has 5 nitrogen and oxygen atoms in total. The molecule has 1 aromatic rings. The predicted octanol–water partition coefficient (Wildman–Crippen LogP) is 2.15. The largest absolute Gasteiger partial charge is 0.484 e. The van der Waals surface area contributed by atoms with Gasteiger partial charge in [-0.15, -0.1) is 0 Å². The quantitative estimate of drug-likeness (QED) is 0.911. The zero-order valence-corrected chi connectivity index (χ0v) is 12.5. The van der Waals surface area contributed by atoms with E-state index in [1.165, 1.54) is 0 Å². The minimum Gasteiger partial charge on any atom is -0.484 e. The normalized spacial score (nSPS) is 15.9. The van der Waals surface area contributed by atoms with Gasteiger partial charge >= 0.3 is 5.97 Å². The molecule has 1 aliphatic rings. The number of carboxylic acid groups (broad SMARTS) is 1. The average Bonchev–Trinajstić information content (AvgIpc) is 2.45. The number of rotatable bonds is 4. The summed E-state index contributed by atoms with van der Waals surface area (Å²) in [5.41, 5.74) is 0. The molecule has 1 saturated heterocycles. The highest BCUT2D eigenvalue weighted by atomic mass is 79.9. The van der Waals surface area contributed by atoms with Crippen molar-refractivity contribution in [3.05, 3.63) is 28.7 Å². The highest BCUT2D eigenvalue weighted by molar-refractivity contribution is 9.10. The van der Waals surface area contributed by atoms with E-state index in [9.17, 15) is 9.59 Å². The van der Waals surface area contributed by atoms with Crippen LogP contribution in [0.1, 0.15) is 12.8 Å². The zero-order valence-electron chi connectivity index (χ0n) is 10.9. The number of amides is 1. The van der Waals surface area contributed by atoms with Crippen LogP contribution in [0.25, 0.3) is 0 Å². The SMILES string of the molecule is O=C(O)C1CCN(C(=O)COc2cccc(Br)c2)CC1. The maximum Gasteiger partial charge on any atom is 0.306 e. The number of nitrogens with zero attached hydrogens (tertiary/aromatic N) is 1. The molecule has 1 heterocycles. The second-order valence-electron chi connectivity index (χ2n) is 4.74. The van der Waals surface area contributed by atoms with Crippen LogP contribution in [-0.4, -0.2) is 41.6 Å². The summed E-state index contributed by atoms with van der Waals surface area (Å²) in [6.45, 7) is 0.948. The molecule has 1 aromatic carbocycles. The van der Waals surface area contributed by atoms with Gasteiger partial charge in [-0.3, -0.25) is 9.59 Å². The number of halogens is 1. The first-order valence-corrected chi connectivity index (χ1v) is 7.24. The molecule has 0 aromatic heterocycles. The van der Waals surface area contributed by atoms with Crippen molar-refractivity contribution in [3.63, 3.8) is 0 Å². The number of piperidine rings is 1. The van der Waals surface area contributed by atoms with Crippen LogP contribution in [0.2, 0.25) is 0 Å². The molecule has 1 fully saturated rings. The fourth-order valence-electron chi connectivity index (χ4n) is 2.17. The van der Waals surface area contributed by atoms with Crippen molar-refractivity contribution in [2.45, 2.75) is 12.8 Å². The lowest BCUT2D eigenvalue weighted by molar-refractivity contribution is -0.146. The Morgan fingerprint density at radius 1 is 1.35 bits per heavy atom. The van der Waals surface area contributed by atoms with Crippen LogP contribution in [0.3, 0.4) is 0 Å². The van der Waals surface area contributed by atoms with Crippen LogP contribution in [0.5, 0.6) is 5.75 Å². The predicted molar refractivity (Wildman–Crippen MR) is 76.6 cm³/mol. The summed E-state index contributed by atoms with van der Waals surface area (Å²) >= 11 is 3.33. The van der Waals surface area contributed by atoms with Crippen molar-refractivity contribution >= 4 is 27.8 Å². The van der Waals surface area contributed by atoms with Gasteiger partial charge in [-0.05, 0) is 31.0 Å². The highest BCUT2D eigenvalue weighted by Gasteiger charge is 2.26. The third-order valence-electron chi connectivity index (χ3n) is 3.36. The van der Waals surface area contributed by atoms with Gasteiger partial charge in [0, 0.05) is 17.6 Å². The van der Waals surface area contributed by atoms with Gasteiger partial charge in [-0.25, -0.2) is 0 Å². The highest BCUT2D eigenvalue weighted by Crippen LogP contribution is 2.19. The molecule has 6 heteroatoms. The monoisotopic (exact) mass is 341 g/mol. The standard InChI is InChI=1S/C14H16BrNO4/c15-11-2-1-3-12(8-11)20-9-13(17)16-6-4-10(5-7-16)14(18)19/h1-3,8,10H,4-7,9H2,(H,18,19). The molecule has 0 bridgehead atoms. The fraction of sp³-hybridized carbons (Fsp3) is 0.429. The second kappa shape index (κ2) is 6.74. The van der Waals surface area contributed by atoms with Crippen molar-refractivity contribution in [2.24, 2.45) is 5.92 Å². The van der Waals surface area contributed by atoms with Crippen LogP contribution in [0, 0.1) is 5.92 Å². The number of likely N-dealkylation sites (tertiary alicyclic amines) is 1. The summed E-state index contributed by atoms with van der Waals surface area (Å²) in [5.74, 6) is -0.575. The van der Waals surface area contributed by atoms with Crippen LogP contribution >= 0.6 is 15.9 Å². The minimum absolute atomic E-state index is 0.0197. The summed E-state index contributed by atoms with van der Waals surface area (Å²) in [7, 11) is 0. The van der Waals surface area contributed by atoms with Gasteiger partial charge in [0.2, 0.25) is 0 Å². The third kappa shape index (κ3) is 3.96. The molecule has 1 N–H and O–H groups in total. The van der Waals surface area contributed by atoms with Crippen molar-refractivity contribution in [1.82, 2.24) is 4.90 Å². The van der Waals surface area contributed by atoms with Gasteiger partial charge in [0.1, 0.15) is 5.75 Å². The molecule has 0 radical (unpaired) electrons. The molecule has 108 valence electrons. The van der Waals surface area contributed by atoms with Gasteiger partial charge in [0.05, 0.1) is 5.92 Å². The van der Waals surface area contributed by atoms with Gasteiger partial charge in [-0.1, -0.05) is 22.0 Å². The summed E-state index contributed by atoms with van der Waals surface area (Å²) in [6, 6.07) is 7.30. The van der Waals surface area contributed by atoms with E-state index in [1.54, 1.807) is 17.0 Å². The maximum absolute atomic E-state index is 12.0. The summed E-state index contributed by atoms with van der Waals surface area (Å²) < 4.78 is 6.33. The van der Waals surface area contributed by atoms with E-state index in [4.69, 9.17) is 9.84 Å². The molecule has 0 aliphatic carbocycles. The first-order chi connectivity index (χ1) is 9.56. The van der Waals surface area contributed by atoms with Crippen LogP contribution < -0.4 is 4.74 Å². The smallest absolute Gasteiger partial charge is 0.306 e. The Morgan fingerprint density at radius 2 is 2.05 bits per heavy atom. The Balaban J connectivity index is 1.80. The topological polar surface area (TPSA) is 66.8 Å². The van der Waals surface area contributed by atoms with Crippen molar-refractivity contribution in [3.8, 4) is 5.75 Å². The average molecular weight is 342 g/mol. The Hall–Kier alpha value is -1.56. The number of carbonyl (C=O) groups is 2. The van der Waals surface area contributed by atoms with Crippen molar-refractivity contribution < 1.29 is 19.4 Å². The maximum atomic E-state index is 12.0. The third-order valence-corrected chi connectivity index (χ3v) is 3.85. The summed E-state index contributed by atoms with van der Waals surface area (Å²) in [4.78, 5) is 24.5. The molecule has 2 rings (SSSR count). The van der Waals surface area contributed by atoms with Crippen molar-refractivity contribution in [1.29, 1.82) is 0 Å². The Morgan fingerprint density at radius 3 is 2.65 bits per heavy atom. The van der Waals surface area contributed by atoms with Gasteiger partial charge < -0.3 is 14.7 Å². The molecule has 0 spiro atoms. The lowest BCUT2D eigenvalue weighted by Crippen LogP contribution is -2.42. The van der Waals surface area contributed by atoms with Gasteiger partial charge in [0.15, 0.2) is 6.61 Å². The van der Waals surface area contributed by atoms with E-state index in [2.05, 4.69) is 15.9 Å². The summed E-state index contributed by atoms with van der Waals surface area (Å²) in [5, 5.41) is 8.91. The van der Waals surface area contributed by atoms with Crippen molar-refractivity contribution in [2.75, 3.05) is 19.7 Å². The van der Waals surface area contributed by atoms with E-state index in [0.717, 1.165) is 4.47 Å². The number of benzene rings is 1. The molecule has 1 aliphatic heterocycles. The first kappa shape index (κ1) is 14.8. The number of carboxylic acids is 1. The van der Waals surface area contributed by atoms with E-state index in [1.807, 2.05) is 12.1 Å². The molecule has 20 heavy (non-hydrogen) atoms. The molecule has 0 unspecified atom stereocenters. The number of aliphatic carboxylic acids is 1. The Kier molecular flexibility index (Phi) is 5.00. The molecule has 0 atom stereocenters. The number of ether oxygens (including phenoxy) is 1. The minimum atomic E-state index is -0.775. The van der Waals surface area contributed by atoms with Crippen LogP contribution in [0.15, 0.2) is 28.7 Å². The number of carbonyl (C=O) groups excluding carboxylic acids is 1. The number of hydrogen-bond donors (Lipinski definition) is 1.